The van der Waals surface area contributed by atoms with Crippen molar-refractivity contribution in [3.63, 3.8) is 0 Å². The summed E-state index contributed by atoms with van der Waals surface area (Å²) in [5.74, 6) is -0.244. The fraction of sp³-hybridized carbons (Fsp3) is 0.833. The summed E-state index contributed by atoms with van der Waals surface area (Å²) in [4.78, 5) is 10.6. The summed E-state index contributed by atoms with van der Waals surface area (Å²) in [5, 5.41) is 2.96. The second-order valence-electron chi connectivity index (χ2n) is 3.20. The lowest BCUT2D eigenvalue weighted by Gasteiger charge is -2.43. The zero-order valence-electron chi connectivity index (χ0n) is 5.77. The molecule has 52 valence electrons. The average Bonchev–Trinajstić information content (AvgIpc) is 1.62. The van der Waals surface area contributed by atoms with E-state index >= 15 is 0 Å². The van der Waals surface area contributed by atoms with Crippen LogP contribution in [-0.4, -0.2) is 18.5 Å². The fourth-order valence-electron chi connectivity index (χ4n) is 1.10. The molecule has 1 aliphatic heterocycles. The highest BCUT2D eigenvalue weighted by atomic mass is 16.1. The molecule has 0 radical (unpaired) electrons. The average molecular weight is 128 g/mol. The minimum absolute atomic E-state index is 0.0752. The van der Waals surface area contributed by atoms with Gasteiger partial charge >= 0.3 is 0 Å². The Hall–Kier alpha value is -0.570. The van der Waals surface area contributed by atoms with Gasteiger partial charge in [-0.15, -0.1) is 0 Å². The molecule has 3 N–H and O–H groups in total. The van der Waals surface area contributed by atoms with Gasteiger partial charge in [0.2, 0.25) is 5.91 Å². The van der Waals surface area contributed by atoms with Crippen LogP contribution in [0.1, 0.15) is 13.8 Å². The van der Waals surface area contributed by atoms with Gasteiger partial charge in [-0.2, -0.15) is 0 Å². The van der Waals surface area contributed by atoms with Gasteiger partial charge in [0.1, 0.15) is 0 Å². The molecule has 1 amide bonds. The van der Waals surface area contributed by atoms with E-state index in [1.54, 1.807) is 0 Å². The normalized spacial score (nSPS) is 31.1. The molecule has 0 aromatic carbocycles. The molecule has 0 aromatic rings. The second-order valence-corrected chi connectivity index (χ2v) is 3.20. The van der Waals surface area contributed by atoms with Crippen LogP contribution in [0.4, 0.5) is 0 Å². The van der Waals surface area contributed by atoms with Crippen molar-refractivity contribution in [3.05, 3.63) is 0 Å². The van der Waals surface area contributed by atoms with Crippen molar-refractivity contribution in [2.75, 3.05) is 6.54 Å². The maximum atomic E-state index is 10.6. The predicted molar refractivity (Wildman–Crippen MR) is 34.8 cm³/mol. The molecule has 1 rings (SSSR count). The fourth-order valence-corrected chi connectivity index (χ4v) is 1.10. The first-order valence-electron chi connectivity index (χ1n) is 3.07. The molecule has 0 bridgehead atoms. The molecule has 0 spiro atoms. The third-order valence-corrected chi connectivity index (χ3v) is 1.83. The third-order valence-electron chi connectivity index (χ3n) is 1.83. The van der Waals surface area contributed by atoms with Crippen LogP contribution in [0.2, 0.25) is 0 Å². The van der Waals surface area contributed by atoms with E-state index in [-0.39, 0.29) is 17.4 Å². The van der Waals surface area contributed by atoms with Gasteiger partial charge in [0, 0.05) is 12.0 Å². The first-order chi connectivity index (χ1) is 4.04. The number of nitrogens with two attached hydrogens (primary N) is 1. The Balaban J connectivity index is 2.55. The van der Waals surface area contributed by atoms with E-state index in [4.69, 9.17) is 5.73 Å². The van der Waals surface area contributed by atoms with Gasteiger partial charge in [0.05, 0.1) is 6.04 Å². The molecule has 1 atom stereocenters. The predicted octanol–water partition coefficient (Wildman–Crippen LogP) is -0.530. The smallest absolute Gasteiger partial charge is 0.235 e. The first-order valence-corrected chi connectivity index (χ1v) is 3.07. The Bertz CT molecular complexity index is 142. The number of hydrogen-bond donors (Lipinski definition) is 2. The molecular formula is C6H12N2O. The van der Waals surface area contributed by atoms with E-state index in [1.165, 1.54) is 0 Å². The van der Waals surface area contributed by atoms with E-state index < -0.39 is 0 Å². The van der Waals surface area contributed by atoms with Gasteiger partial charge in [-0.1, -0.05) is 13.8 Å². The van der Waals surface area contributed by atoms with Gasteiger partial charge in [0.25, 0.3) is 0 Å². The van der Waals surface area contributed by atoms with Gasteiger partial charge in [0.15, 0.2) is 0 Å². The molecular weight excluding hydrogens is 116 g/mol. The summed E-state index contributed by atoms with van der Waals surface area (Å²) in [5.41, 5.74) is 5.15. The summed E-state index contributed by atoms with van der Waals surface area (Å²) in [7, 11) is 0. The molecule has 9 heavy (non-hydrogen) atoms. The number of nitrogens with one attached hydrogen (secondary N) is 1. The number of hydrogen-bond acceptors (Lipinski definition) is 2. The molecule has 1 aliphatic rings. The Labute approximate surface area is 54.6 Å². The monoisotopic (exact) mass is 128 g/mol. The Morgan fingerprint density at radius 2 is 2.33 bits per heavy atom. The summed E-state index contributed by atoms with van der Waals surface area (Å²) >= 11 is 0. The molecule has 0 aromatic heterocycles. The van der Waals surface area contributed by atoms with Gasteiger partial charge < -0.3 is 11.1 Å². The zero-order valence-corrected chi connectivity index (χ0v) is 5.77. The van der Waals surface area contributed by atoms with Crippen molar-refractivity contribution in [2.45, 2.75) is 19.9 Å². The van der Waals surface area contributed by atoms with Crippen LogP contribution in [-0.2, 0) is 4.79 Å². The van der Waals surface area contributed by atoms with Crippen molar-refractivity contribution in [1.82, 2.24) is 5.32 Å². The minimum atomic E-state index is -0.244. The molecule has 1 fully saturated rings. The number of primary amides is 1. The standard InChI is InChI=1S/C6H12N2O/c1-6(2)3-8-4(6)5(7)9/h4,8H,3H2,1-2H3,(H2,7,9). The SMILES string of the molecule is CC1(C)CNC1C(N)=O. The Kier molecular flexibility index (Phi) is 1.24. The van der Waals surface area contributed by atoms with Crippen LogP contribution >= 0.6 is 0 Å². The van der Waals surface area contributed by atoms with Crippen molar-refractivity contribution < 1.29 is 4.79 Å². The van der Waals surface area contributed by atoms with Gasteiger partial charge in [-0.05, 0) is 0 Å². The Morgan fingerprint density at radius 3 is 2.33 bits per heavy atom. The van der Waals surface area contributed by atoms with E-state index in [9.17, 15) is 4.79 Å². The van der Waals surface area contributed by atoms with E-state index in [0.717, 1.165) is 6.54 Å². The minimum Gasteiger partial charge on any atom is -0.368 e. The number of rotatable bonds is 1. The molecule has 1 unspecified atom stereocenters. The third kappa shape index (κ3) is 0.920. The summed E-state index contributed by atoms with van der Waals surface area (Å²) in [6.45, 7) is 4.94. The maximum absolute atomic E-state index is 10.6. The van der Waals surface area contributed by atoms with Gasteiger partial charge in [-0.25, -0.2) is 0 Å². The maximum Gasteiger partial charge on any atom is 0.235 e. The largest absolute Gasteiger partial charge is 0.368 e. The highest BCUT2D eigenvalue weighted by Gasteiger charge is 2.41. The van der Waals surface area contributed by atoms with E-state index in [1.807, 2.05) is 13.8 Å². The van der Waals surface area contributed by atoms with E-state index in [2.05, 4.69) is 5.32 Å². The lowest BCUT2D eigenvalue weighted by atomic mass is 9.77. The molecule has 1 heterocycles. The van der Waals surface area contributed by atoms with Crippen LogP contribution < -0.4 is 11.1 Å². The molecule has 1 saturated heterocycles. The first kappa shape index (κ1) is 6.55. The number of amides is 1. The molecule has 0 saturated carbocycles. The second kappa shape index (κ2) is 1.70. The summed E-state index contributed by atoms with van der Waals surface area (Å²) in [6.07, 6.45) is 0. The van der Waals surface area contributed by atoms with Crippen LogP contribution in [0.25, 0.3) is 0 Å². The summed E-state index contributed by atoms with van der Waals surface area (Å²) < 4.78 is 0. The molecule has 0 aliphatic carbocycles. The number of carbonyl (C=O) groups is 1. The molecule has 3 nitrogen and oxygen atoms in total. The highest BCUT2D eigenvalue weighted by molar-refractivity contribution is 5.81. The zero-order chi connectivity index (χ0) is 7.07. The van der Waals surface area contributed by atoms with Crippen molar-refractivity contribution in [2.24, 2.45) is 11.1 Å². The van der Waals surface area contributed by atoms with Crippen molar-refractivity contribution in [1.29, 1.82) is 0 Å². The van der Waals surface area contributed by atoms with E-state index in [0.29, 0.717) is 0 Å². The lowest BCUT2D eigenvalue weighted by Crippen LogP contribution is -2.64. The quantitative estimate of drug-likeness (QED) is 0.498. The lowest BCUT2D eigenvalue weighted by molar-refractivity contribution is -0.126. The van der Waals surface area contributed by atoms with Crippen LogP contribution in [0.3, 0.4) is 0 Å². The van der Waals surface area contributed by atoms with Crippen molar-refractivity contribution in [3.8, 4) is 0 Å². The van der Waals surface area contributed by atoms with Crippen molar-refractivity contribution >= 4 is 5.91 Å². The Morgan fingerprint density at radius 1 is 1.78 bits per heavy atom. The number of carbonyl (C=O) groups excluding carboxylic acids is 1. The molecule has 3 heteroatoms. The topological polar surface area (TPSA) is 55.1 Å². The summed E-state index contributed by atoms with van der Waals surface area (Å²) in [6, 6.07) is -0.113. The highest BCUT2D eigenvalue weighted by Crippen LogP contribution is 2.26. The van der Waals surface area contributed by atoms with Gasteiger partial charge in [-0.3, -0.25) is 4.79 Å². The van der Waals surface area contributed by atoms with Crippen LogP contribution in [0.5, 0.6) is 0 Å². The van der Waals surface area contributed by atoms with Crippen LogP contribution in [0.15, 0.2) is 0 Å². The van der Waals surface area contributed by atoms with Crippen LogP contribution in [0, 0.1) is 5.41 Å².